The average Bonchev–Trinajstić information content (AvgIpc) is 2.60. The topological polar surface area (TPSA) is 74.6 Å². The molecule has 0 aliphatic heterocycles. The van der Waals surface area contributed by atoms with Crippen LogP contribution in [0.2, 0.25) is 0 Å². The molecule has 0 bridgehead atoms. The molecule has 2 N–H and O–H groups in total. The zero-order valence-corrected chi connectivity index (χ0v) is 14.7. The molecular formula is C19H25N3O3. The minimum absolute atomic E-state index is 0.0286. The fourth-order valence-corrected chi connectivity index (χ4v) is 2.35. The highest BCUT2D eigenvalue weighted by Gasteiger charge is 2.09. The normalized spacial score (nSPS) is 11.8. The molecule has 0 saturated heterocycles. The number of amides is 2. The number of nitrogens with one attached hydrogen (secondary N) is 1. The third-order valence-electron chi connectivity index (χ3n) is 3.95. The third kappa shape index (κ3) is 6.08. The maximum absolute atomic E-state index is 12.0. The smallest absolute Gasteiger partial charge is 0.317 e. The zero-order chi connectivity index (χ0) is 18.2. The number of benzene rings is 1. The van der Waals surface area contributed by atoms with Gasteiger partial charge in [-0.2, -0.15) is 0 Å². The van der Waals surface area contributed by atoms with Crippen molar-refractivity contribution in [2.75, 3.05) is 13.6 Å². The van der Waals surface area contributed by atoms with Crippen molar-refractivity contribution in [3.8, 4) is 0 Å². The van der Waals surface area contributed by atoms with Gasteiger partial charge < -0.3 is 19.9 Å². The molecule has 0 saturated carbocycles. The van der Waals surface area contributed by atoms with Crippen LogP contribution in [0.15, 0.2) is 53.5 Å². The number of aliphatic hydroxyl groups excluding tert-OH is 1. The summed E-state index contributed by atoms with van der Waals surface area (Å²) >= 11 is 0. The second-order valence-corrected chi connectivity index (χ2v) is 6.20. The van der Waals surface area contributed by atoms with Crippen molar-refractivity contribution in [1.82, 2.24) is 14.8 Å². The number of urea groups is 1. The highest BCUT2D eigenvalue weighted by Crippen LogP contribution is 2.06. The molecule has 2 rings (SSSR count). The van der Waals surface area contributed by atoms with Crippen LogP contribution >= 0.6 is 0 Å². The molecule has 2 aromatic rings. The van der Waals surface area contributed by atoms with Gasteiger partial charge in [0.25, 0.3) is 5.56 Å². The molecule has 1 aromatic heterocycles. The summed E-state index contributed by atoms with van der Waals surface area (Å²) in [6.07, 6.45) is 1.90. The highest BCUT2D eigenvalue weighted by molar-refractivity contribution is 5.73. The van der Waals surface area contributed by atoms with Crippen molar-refractivity contribution < 1.29 is 9.90 Å². The lowest BCUT2D eigenvalue weighted by atomic mass is 10.1. The molecule has 0 aliphatic rings. The van der Waals surface area contributed by atoms with Crippen LogP contribution < -0.4 is 10.9 Å². The Morgan fingerprint density at radius 3 is 2.52 bits per heavy atom. The number of aromatic nitrogens is 1. The van der Waals surface area contributed by atoms with Crippen LogP contribution in [0.1, 0.15) is 24.5 Å². The highest BCUT2D eigenvalue weighted by atomic mass is 16.3. The Bertz CT molecular complexity index is 738. The average molecular weight is 343 g/mol. The molecule has 0 radical (unpaired) electrons. The van der Waals surface area contributed by atoms with Crippen LogP contribution in [0.4, 0.5) is 4.79 Å². The Kier molecular flexibility index (Phi) is 6.77. The lowest BCUT2D eigenvalue weighted by Crippen LogP contribution is -2.38. The summed E-state index contributed by atoms with van der Waals surface area (Å²) in [6, 6.07) is 12.7. The number of carbonyl (C=O) groups is 1. The molecule has 134 valence electrons. The fraction of sp³-hybridized carbons (Fsp3) is 0.368. The Balaban J connectivity index is 1.85. The zero-order valence-electron chi connectivity index (χ0n) is 14.7. The number of hydrogen-bond donors (Lipinski definition) is 2. The van der Waals surface area contributed by atoms with E-state index in [1.807, 2.05) is 30.3 Å². The van der Waals surface area contributed by atoms with E-state index < -0.39 is 6.10 Å². The van der Waals surface area contributed by atoms with E-state index in [4.69, 9.17) is 0 Å². The van der Waals surface area contributed by atoms with Crippen LogP contribution in [-0.4, -0.2) is 40.3 Å². The minimum Gasteiger partial charge on any atom is -0.393 e. The van der Waals surface area contributed by atoms with Gasteiger partial charge in [-0.15, -0.1) is 0 Å². The van der Waals surface area contributed by atoms with Gasteiger partial charge in [-0.1, -0.05) is 30.3 Å². The van der Waals surface area contributed by atoms with E-state index in [-0.39, 0.29) is 11.6 Å². The van der Waals surface area contributed by atoms with Gasteiger partial charge in [-0.05, 0) is 30.5 Å². The molecule has 1 unspecified atom stereocenters. The second kappa shape index (κ2) is 9.03. The van der Waals surface area contributed by atoms with Gasteiger partial charge in [-0.25, -0.2) is 4.79 Å². The summed E-state index contributed by atoms with van der Waals surface area (Å²) < 4.78 is 1.65. The van der Waals surface area contributed by atoms with Gasteiger partial charge in [0.15, 0.2) is 0 Å². The molecule has 25 heavy (non-hydrogen) atoms. The first-order chi connectivity index (χ1) is 12.0. The first-order valence-electron chi connectivity index (χ1n) is 8.36. The molecule has 6 heteroatoms. The van der Waals surface area contributed by atoms with Crippen LogP contribution in [0.3, 0.4) is 0 Å². The predicted octanol–water partition coefficient (Wildman–Crippen LogP) is 1.81. The van der Waals surface area contributed by atoms with Gasteiger partial charge in [-0.3, -0.25) is 4.79 Å². The Labute approximate surface area is 147 Å². The number of aliphatic hydroxyl groups is 1. The van der Waals surface area contributed by atoms with Crippen molar-refractivity contribution in [1.29, 1.82) is 0 Å². The summed E-state index contributed by atoms with van der Waals surface area (Å²) in [6.45, 7) is 3.17. The second-order valence-electron chi connectivity index (χ2n) is 6.20. The van der Waals surface area contributed by atoms with E-state index >= 15 is 0 Å². The van der Waals surface area contributed by atoms with Gasteiger partial charge >= 0.3 is 6.03 Å². The number of pyridine rings is 1. The molecule has 1 aromatic carbocycles. The lowest BCUT2D eigenvalue weighted by Gasteiger charge is -2.18. The van der Waals surface area contributed by atoms with E-state index in [0.29, 0.717) is 26.1 Å². The summed E-state index contributed by atoms with van der Waals surface area (Å²) in [4.78, 5) is 25.3. The summed E-state index contributed by atoms with van der Waals surface area (Å²) in [5, 5.41) is 12.1. The van der Waals surface area contributed by atoms with E-state index in [1.54, 1.807) is 35.7 Å². The van der Waals surface area contributed by atoms with Gasteiger partial charge in [0.2, 0.25) is 0 Å². The van der Waals surface area contributed by atoms with Crippen molar-refractivity contribution in [3.63, 3.8) is 0 Å². The van der Waals surface area contributed by atoms with E-state index in [1.165, 1.54) is 6.07 Å². The standard InChI is InChI=1S/C19H25N3O3/c1-15(23)10-12-21(2)19(25)20-13-16-6-8-17(9-7-16)14-22-11-4-3-5-18(22)24/h3-9,11,15,23H,10,12-14H2,1-2H3,(H,20,25). The quantitative estimate of drug-likeness (QED) is 0.805. The Morgan fingerprint density at radius 2 is 1.88 bits per heavy atom. The minimum atomic E-state index is -0.417. The summed E-state index contributed by atoms with van der Waals surface area (Å²) in [5.74, 6) is 0. The van der Waals surface area contributed by atoms with Gasteiger partial charge in [0.05, 0.1) is 12.6 Å². The van der Waals surface area contributed by atoms with Crippen LogP contribution in [0, 0.1) is 0 Å². The van der Waals surface area contributed by atoms with Crippen LogP contribution in [0.5, 0.6) is 0 Å². The number of carbonyl (C=O) groups excluding carboxylic acids is 1. The maximum atomic E-state index is 12.0. The Hall–Kier alpha value is -2.60. The lowest BCUT2D eigenvalue weighted by molar-refractivity contribution is 0.163. The molecule has 0 aliphatic carbocycles. The van der Waals surface area contributed by atoms with E-state index in [9.17, 15) is 14.7 Å². The predicted molar refractivity (Wildman–Crippen MR) is 97.4 cm³/mol. The first kappa shape index (κ1) is 18.7. The van der Waals surface area contributed by atoms with E-state index in [0.717, 1.165) is 11.1 Å². The molecule has 1 heterocycles. The van der Waals surface area contributed by atoms with Gasteiger partial charge in [0, 0.05) is 32.4 Å². The molecule has 0 fully saturated rings. The maximum Gasteiger partial charge on any atom is 0.317 e. The summed E-state index contributed by atoms with van der Waals surface area (Å²) in [5.41, 5.74) is 1.98. The summed E-state index contributed by atoms with van der Waals surface area (Å²) in [7, 11) is 1.71. The Morgan fingerprint density at radius 1 is 1.20 bits per heavy atom. The number of rotatable bonds is 7. The SMILES string of the molecule is CC(O)CCN(C)C(=O)NCc1ccc(Cn2ccccc2=O)cc1. The van der Waals surface area contributed by atoms with Crippen molar-refractivity contribution in [3.05, 3.63) is 70.1 Å². The molecule has 6 nitrogen and oxygen atoms in total. The third-order valence-corrected chi connectivity index (χ3v) is 3.95. The van der Waals surface area contributed by atoms with Crippen molar-refractivity contribution in [2.24, 2.45) is 0 Å². The molecule has 1 atom stereocenters. The van der Waals surface area contributed by atoms with Crippen molar-refractivity contribution in [2.45, 2.75) is 32.5 Å². The van der Waals surface area contributed by atoms with Crippen molar-refractivity contribution >= 4 is 6.03 Å². The number of nitrogens with zero attached hydrogens (tertiary/aromatic N) is 2. The number of hydrogen-bond acceptors (Lipinski definition) is 3. The fourth-order valence-electron chi connectivity index (χ4n) is 2.35. The first-order valence-corrected chi connectivity index (χ1v) is 8.36. The van der Waals surface area contributed by atoms with E-state index in [2.05, 4.69) is 5.32 Å². The van der Waals surface area contributed by atoms with Crippen LogP contribution in [0.25, 0.3) is 0 Å². The molecular weight excluding hydrogens is 318 g/mol. The largest absolute Gasteiger partial charge is 0.393 e. The monoisotopic (exact) mass is 343 g/mol. The molecule has 2 amide bonds. The van der Waals surface area contributed by atoms with Gasteiger partial charge in [0.1, 0.15) is 0 Å². The van der Waals surface area contributed by atoms with Crippen LogP contribution in [-0.2, 0) is 13.1 Å². The molecule has 0 spiro atoms.